The van der Waals surface area contributed by atoms with Crippen molar-refractivity contribution in [2.45, 2.75) is 32.1 Å². The lowest BCUT2D eigenvalue weighted by molar-refractivity contribution is -0.129. The largest absolute Gasteiger partial charge is 0.383 e. The number of ether oxygens (including phenoxy) is 1. The molecule has 4 N–H and O–H groups in total. The lowest BCUT2D eigenvalue weighted by Crippen LogP contribution is -2.41. The zero-order chi connectivity index (χ0) is 14.8. The Morgan fingerprint density at radius 2 is 2.10 bits per heavy atom. The van der Waals surface area contributed by atoms with Crippen molar-refractivity contribution in [3.63, 3.8) is 0 Å². The molecule has 2 amide bonds. The first-order valence-corrected chi connectivity index (χ1v) is 7.40. The van der Waals surface area contributed by atoms with Gasteiger partial charge >= 0.3 is 0 Å². The number of methoxy groups -OCH3 is 1. The van der Waals surface area contributed by atoms with Crippen LogP contribution in [0.2, 0.25) is 0 Å². The van der Waals surface area contributed by atoms with Crippen molar-refractivity contribution in [1.29, 1.82) is 0 Å². The minimum Gasteiger partial charge on any atom is -0.383 e. The van der Waals surface area contributed by atoms with Gasteiger partial charge in [0.25, 0.3) is 0 Å². The standard InChI is InChI=1S/C14H27N3O3/c1-20-8-7-16-13(18)10-17-14(19)12-4-2-3-11(9-12)5-6-15/h11-12H,2-10,15H2,1H3,(H,16,18)(H,17,19). The normalized spacial score (nSPS) is 22.3. The van der Waals surface area contributed by atoms with Crippen LogP contribution in [-0.2, 0) is 14.3 Å². The Morgan fingerprint density at radius 1 is 1.30 bits per heavy atom. The summed E-state index contributed by atoms with van der Waals surface area (Å²) in [6.07, 6.45) is 5.04. The molecule has 0 aromatic carbocycles. The highest BCUT2D eigenvalue weighted by Crippen LogP contribution is 2.30. The summed E-state index contributed by atoms with van der Waals surface area (Å²) in [7, 11) is 1.58. The van der Waals surface area contributed by atoms with Crippen molar-refractivity contribution < 1.29 is 14.3 Å². The van der Waals surface area contributed by atoms with Crippen LogP contribution in [0, 0.1) is 11.8 Å². The van der Waals surface area contributed by atoms with Gasteiger partial charge in [0.1, 0.15) is 0 Å². The second-order valence-electron chi connectivity index (χ2n) is 5.37. The van der Waals surface area contributed by atoms with E-state index in [9.17, 15) is 9.59 Å². The molecule has 1 saturated carbocycles. The van der Waals surface area contributed by atoms with Crippen LogP contribution in [0.4, 0.5) is 0 Å². The summed E-state index contributed by atoms with van der Waals surface area (Å²) in [4.78, 5) is 23.5. The van der Waals surface area contributed by atoms with Gasteiger partial charge in [-0.05, 0) is 31.7 Å². The molecule has 2 atom stereocenters. The van der Waals surface area contributed by atoms with Gasteiger partial charge in [0.05, 0.1) is 13.2 Å². The highest BCUT2D eigenvalue weighted by atomic mass is 16.5. The second kappa shape index (κ2) is 9.72. The van der Waals surface area contributed by atoms with Crippen LogP contribution < -0.4 is 16.4 Å². The van der Waals surface area contributed by atoms with Gasteiger partial charge in [-0.3, -0.25) is 9.59 Å². The van der Waals surface area contributed by atoms with E-state index in [0.29, 0.717) is 25.6 Å². The molecule has 0 aromatic rings. The Balaban J connectivity index is 2.22. The smallest absolute Gasteiger partial charge is 0.239 e. The molecule has 1 aliphatic carbocycles. The van der Waals surface area contributed by atoms with Gasteiger partial charge in [-0.25, -0.2) is 0 Å². The molecule has 2 unspecified atom stereocenters. The summed E-state index contributed by atoms with van der Waals surface area (Å²) in [5.41, 5.74) is 5.57. The summed E-state index contributed by atoms with van der Waals surface area (Å²) < 4.78 is 4.84. The van der Waals surface area contributed by atoms with Crippen LogP contribution in [0.25, 0.3) is 0 Å². The molecular weight excluding hydrogens is 258 g/mol. The maximum absolute atomic E-state index is 12.0. The van der Waals surface area contributed by atoms with Crippen molar-refractivity contribution in [2.75, 3.05) is 33.4 Å². The van der Waals surface area contributed by atoms with Crippen LogP contribution in [0.15, 0.2) is 0 Å². The molecule has 0 bridgehead atoms. The fourth-order valence-electron chi connectivity index (χ4n) is 2.69. The molecule has 1 rings (SSSR count). The maximum Gasteiger partial charge on any atom is 0.239 e. The topological polar surface area (TPSA) is 93.5 Å². The molecule has 0 radical (unpaired) electrons. The molecular formula is C14H27N3O3. The fourth-order valence-corrected chi connectivity index (χ4v) is 2.69. The van der Waals surface area contributed by atoms with Gasteiger partial charge in [-0.1, -0.05) is 12.8 Å². The molecule has 0 aromatic heterocycles. The van der Waals surface area contributed by atoms with Crippen molar-refractivity contribution in [3.05, 3.63) is 0 Å². The molecule has 0 aliphatic heterocycles. The van der Waals surface area contributed by atoms with E-state index in [1.54, 1.807) is 7.11 Å². The van der Waals surface area contributed by atoms with Gasteiger partial charge in [0, 0.05) is 19.6 Å². The zero-order valence-corrected chi connectivity index (χ0v) is 12.3. The Kier molecular flexibility index (Phi) is 8.22. The number of carbonyl (C=O) groups is 2. The minimum atomic E-state index is -0.176. The second-order valence-corrected chi connectivity index (χ2v) is 5.37. The van der Waals surface area contributed by atoms with Crippen molar-refractivity contribution >= 4 is 11.8 Å². The molecule has 0 spiro atoms. The van der Waals surface area contributed by atoms with Gasteiger partial charge in [0.15, 0.2) is 0 Å². The lowest BCUT2D eigenvalue weighted by Gasteiger charge is -2.28. The number of hydrogen-bond acceptors (Lipinski definition) is 4. The van der Waals surface area contributed by atoms with E-state index in [4.69, 9.17) is 10.5 Å². The SMILES string of the molecule is COCCNC(=O)CNC(=O)C1CCCC(CCN)C1. The Morgan fingerprint density at radius 3 is 2.80 bits per heavy atom. The van der Waals surface area contributed by atoms with Crippen molar-refractivity contribution in [3.8, 4) is 0 Å². The molecule has 6 nitrogen and oxygen atoms in total. The molecule has 6 heteroatoms. The first-order valence-electron chi connectivity index (χ1n) is 7.40. The fraction of sp³-hybridized carbons (Fsp3) is 0.857. The van der Waals surface area contributed by atoms with Gasteiger partial charge < -0.3 is 21.1 Å². The molecule has 20 heavy (non-hydrogen) atoms. The quantitative estimate of drug-likeness (QED) is 0.548. The van der Waals surface area contributed by atoms with E-state index < -0.39 is 0 Å². The third-order valence-corrected chi connectivity index (χ3v) is 3.78. The Bertz CT molecular complexity index is 308. The minimum absolute atomic E-state index is 0.00591. The number of hydrogen-bond donors (Lipinski definition) is 3. The van der Waals surface area contributed by atoms with Gasteiger partial charge in [-0.2, -0.15) is 0 Å². The number of carbonyl (C=O) groups excluding carboxylic acids is 2. The monoisotopic (exact) mass is 285 g/mol. The van der Waals surface area contributed by atoms with E-state index in [-0.39, 0.29) is 24.3 Å². The van der Waals surface area contributed by atoms with E-state index >= 15 is 0 Å². The molecule has 1 fully saturated rings. The highest BCUT2D eigenvalue weighted by Gasteiger charge is 2.26. The van der Waals surface area contributed by atoms with Crippen LogP contribution in [0.1, 0.15) is 32.1 Å². The summed E-state index contributed by atoms with van der Waals surface area (Å²) >= 11 is 0. The third kappa shape index (κ3) is 6.34. The van der Waals surface area contributed by atoms with E-state index in [2.05, 4.69) is 10.6 Å². The van der Waals surface area contributed by atoms with Crippen LogP contribution in [0.5, 0.6) is 0 Å². The summed E-state index contributed by atoms with van der Waals surface area (Å²) in [6, 6.07) is 0. The molecule has 0 saturated heterocycles. The predicted octanol–water partition coefficient (Wildman–Crippen LogP) is 0.0204. The average Bonchev–Trinajstić information content (AvgIpc) is 2.46. The van der Waals surface area contributed by atoms with Crippen molar-refractivity contribution in [2.24, 2.45) is 17.6 Å². The van der Waals surface area contributed by atoms with Crippen LogP contribution in [0.3, 0.4) is 0 Å². The number of amides is 2. The Hall–Kier alpha value is -1.14. The summed E-state index contributed by atoms with van der Waals surface area (Å²) in [5.74, 6) is 0.408. The Labute approximate surface area is 120 Å². The summed E-state index contributed by atoms with van der Waals surface area (Å²) in [5, 5.41) is 5.39. The summed E-state index contributed by atoms with van der Waals surface area (Å²) in [6.45, 7) is 1.66. The number of nitrogens with one attached hydrogen (secondary N) is 2. The highest BCUT2D eigenvalue weighted by molar-refractivity contribution is 5.85. The first-order chi connectivity index (χ1) is 9.67. The van der Waals surface area contributed by atoms with Crippen LogP contribution in [-0.4, -0.2) is 45.2 Å². The molecule has 116 valence electrons. The predicted molar refractivity (Wildman–Crippen MR) is 77.0 cm³/mol. The molecule has 1 aliphatic rings. The first kappa shape index (κ1) is 16.9. The maximum atomic E-state index is 12.0. The van der Waals surface area contributed by atoms with E-state index in [1.807, 2.05) is 0 Å². The van der Waals surface area contributed by atoms with E-state index in [1.165, 1.54) is 6.42 Å². The zero-order valence-electron chi connectivity index (χ0n) is 12.3. The van der Waals surface area contributed by atoms with Gasteiger partial charge in [0.2, 0.25) is 11.8 Å². The number of rotatable bonds is 8. The van der Waals surface area contributed by atoms with E-state index in [0.717, 1.165) is 25.7 Å². The number of nitrogens with two attached hydrogens (primary N) is 1. The van der Waals surface area contributed by atoms with Crippen LogP contribution >= 0.6 is 0 Å². The van der Waals surface area contributed by atoms with Gasteiger partial charge in [-0.15, -0.1) is 0 Å². The lowest BCUT2D eigenvalue weighted by atomic mass is 9.79. The third-order valence-electron chi connectivity index (χ3n) is 3.78. The molecule has 0 heterocycles. The van der Waals surface area contributed by atoms with Crippen molar-refractivity contribution in [1.82, 2.24) is 10.6 Å². The average molecular weight is 285 g/mol.